The Bertz CT molecular complexity index is 611. The van der Waals surface area contributed by atoms with Gasteiger partial charge in [0.1, 0.15) is 0 Å². The maximum absolute atomic E-state index is 2.32. The maximum atomic E-state index is 2.32. The first-order chi connectivity index (χ1) is 8.28. The summed E-state index contributed by atoms with van der Waals surface area (Å²) in [6.45, 7) is 4.49. The molecule has 0 N–H and O–H groups in total. The summed E-state index contributed by atoms with van der Waals surface area (Å²) in [6, 6.07) is 13.7. The van der Waals surface area contributed by atoms with Gasteiger partial charge in [-0.3, -0.25) is 0 Å². The first-order valence-corrected chi connectivity index (χ1v) is 6.28. The van der Waals surface area contributed by atoms with E-state index >= 15 is 0 Å². The van der Waals surface area contributed by atoms with Gasteiger partial charge >= 0.3 is 0 Å². The Balaban J connectivity index is 2.24. The lowest BCUT2D eigenvalue weighted by atomic mass is 10.1. The van der Waals surface area contributed by atoms with Crippen LogP contribution in [0.5, 0.6) is 0 Å². The highest BCUT2D eigenvalue weighted by molar-refractivity contribution is 5.98. The Morgan fingerprint density at radius 2 is 1.47 bits per heavy atom. The van der Waals surface area contributed by atoms with E-state index in [2.05, 4.69) is 67.2 Å². The topological polar surface area (TPSA) is 4.93 Å². The minimum atomic E-state index is 0.575. The van der Waals surface area contributed by atoms with Gasteiger partial charge in [0.05, 0.1) is 0 Å². The van der Waals surface area contributed by atoms with Crippen molar-refractivity contribution in [2.75, 3.05) is 0 Å². The lowest BCUT2D eigenvalue weighted by molar-refractivity contribution is 0.535. The number of rotatable bonds is 2. The van der Waals surface area contributed by atoms with Crippen molar-refractivity contribution in [2.24, 2.45) is 0 Å². The Labute approximate surface area is 102 Å². The molecular weight excluding hydrogens is 206 g/mol. The number of hydrogen-bond donors (Lipinski definition) is 0. The van der Waals surface area contributed by atoms with Crippen LogP contribution in [0.1, 0.15) is 26.3 Å². The van der Waals surface area contributed by atoms with E-state index in [1.54, 1.807) is 0 Å². The van der Waals surface area contributed by atoms with Crippen LogP contribution in [-0.2, 0) is 0 Å². The molecule has 0 bridgehead atoms. The molecule has 1 atom stereocenters. The standard InChI is InChI=1S/C16H17N/c1-3-12(2)17-10-15-8-13-6-4-5-7-14(13)9-16(15)11-17/h4-12H,3H2,1-2H3. The van der Waals surface area contributed by atoms with Crippen molar-refractivity contribution >= 4 is 21.5 Å². The molecule has 0 aliphatic heterocycles. The molecule has 0 aliphatic carbocycles. The first kappa shape index (κ1) is 10.4. The molecule has 0 saturated heterocycles. The molecule has 1 nitrogen and oxygen atoms in total. The average molecular weight is 223 g/mol. The van der Waals surface area contributed by atoms with Crippen molar-refractivity contribution in [1.82, 2.24) is 4.57 Å². The van der Waals surface area contributed by atoms with Crippen LogP contribution < -0.4 is 0 Å². The highest BCUT2D eigenvalue weighted by Gasteiger charge is 2.05. The molecule has 0 saturated carbocycles. The summed E-state index contributed by atoms with van der Waals surface area (Å²) in [5, 5.41) is 5.32. The van der Waals surface area contributed by atoms with Gasteiger partial charge in [-0.1, -0.05) is 31.2 Å². The summed E-state index contributed by atoms with van der Waals surface area (Å²) in [4.78, 5) is 0. The molecule has 1 aromatic heterocycles. The molecular formula is C16H17N. The minimum absolute atomic E-state index is 0.575. The van der Waals surface area contributed by atoms with Gasteiger partial charge in [-0.05, 0) is 47.0 Å². The predicted octanol–water partition coefficient (Wildman–Crippen LogP) is 4.77. The third kappa shape index (κ3) is 1.72. The first-order valence-electron chi connectivity index (χ1n) is 6.28. The van der Waals surface area contributed by atoms with E-state index in [-0.39, 0.29) is 0 Å². The van der Waals surface area contributed by atoms with E-state index in [9.17, 15) is 0 Å². The highest BCUT2D eigenvalue weighted by atomic mass is 15.0. The van der Waals surface area contributed by atoms with Gasteiger partial charge in [-0.2, -0.15) is 0 Å². The zero-order chi connectivity index (χ0) is 11.8. The van der Waals surface area contributed by atoms with E-state index in [1.807, 2.05) is 0 Å². The third-order valence-corrected chi connectivity index (χ3v) is 3.63. The Hall–Kier alpha value is -1.76. The van der Waals surface area contributed by atoms with E-state index < -0.39 is 0 Å². The molecule has 0 radical (unpaired) electrons. The number of aromatic nitrogens is 1. The SMILES string of the molecule is CCC(C)n1cc2cc3ccccc3cc2c1. The normalized spacial score (nSPS) is 13.3. The molecule has 1 heteroatoms. The lowest BCUT2D eigenvalue weighted by Crippen LogP contribution is -1.99. The number of fused-ring (bicyclic) bond motifs is 2. The zero-order valence-corrected chi connectivity index (χ0v) is 10.4. The molecule has 0 fully saturated rings. The van der Waals surface area contributed by atoms with Crippen LogP contribution in [-0.4, -0.2) is 4.57 Å². The summed E-state index contributed by atoms with van der Waals surface area (Å²) >= 11 is 0. The van der Waals surface area contributed by atoms with Crippen LogP contribution in [0, 0.1) is 0 Å². The van der Waals surface area contributed by atoms with Crippen LogP contribution in [0.2, 0.25) is 0 Å². The average Bonchev–Trinajstić information content (AvgIpc) is 2.77. The van der Waals surface area contributed by atoms with Crippen molar-refractivity contribution in [3.63, 3.8) is 0 Å². The Morgan fingerprint density at radius 1 is 0.941 bits per heavy atom. The van der Waals surface area contributed by atoms with Crippen LogP contribution >= 0.6 is 0 Å². The van der Waals surface area contributed by atoms with Gasteiger partial charge in [0.15, 0.2) is 0 Å². The maximum Gasteiger partial charge on any atom is 0.0300 e. The van der Waals surface area contributed by atoms with Crippen molar-refractivity contribution in [2.45, 2.75) is 26.3 Å². The van der Waals surface area contributed by atoms with Crippen molar-refractivity contribution in [3.8, 4) is 0 Å². The molecule has 3 aromatic rings. The van der Waals surface area contributed by atoms with E-state index in [1.165, 1.54) is 28.0 Å². The van der Waals surface area contributed by atoms with Crippen LogP contribution in [0.15, 0.2) is 48.8 Å². The van der Waals surface area contributed by atoms with Crippen molar-refractivity contribution in [3.05, 3.63) is 48.8 Å². The largest absolute Gasteiger partial charge is 0.350 e. The number of nitrogens with zero attached hydrogens (tertiary/aromatic N) is 1. The van der Waals surface area contributed by atoms with Gasteiger partial charge in [0.2, 0.25) is 0 Å². The molecule has 1 heterocycles. The molecule has 0 aliphatic rings. The second-order valence-electron chi connectivity index (χ2n) is 4.79. The quantitative estimate of drug-likeness (QED) is 0.590. The molecule has 3 rings (SSSR count). The number of benzene rings is 2. The van der Waals surface area contributed by atoms with Crippen LogP contribution in [0.4, 0.5) is 0 Å². The lowest BCUT2D eigenvalue weighted by Gasteiger charge is -2.09. The second kappa shape index (κ2) is 3.92. The molecule has 0 spiro atoms. The summed E-state index contributed by atoms with van der Waals surface area (Å²) in [5.74, 6) is 0. The Morgan fingerprint density at radius 3 is 1.94 bits per heavy atom. The zero-order valence-electron chi connectivity index (χ0n) is 10.4. The summed E-state index contributed by atoms with van der Waals surface area (Å²) in [7, 11) is 0. The van der Waals surface area contributed by atoms with Gasteiger partial charge in [-0.25, -0.2) is 0 Å². The predicted molar refractivity (Wildman–Crippen MR) is 74.4 cm³/mol. The third-order valence-electron chi connectivity index (χ3n) is 3.63. The number of hydrogen-bond acceptors (Lipinski definition) is 0. The second-order valence-corrected chi connectivity index (χ2v) is 4.79. The molecule has 2 aromatic carbocycles. The van der Waals surface area contributed by atoms with Gasteiger partial charge < -0.3 is 4.57 Å². The highest BCUT2D eigenvalue weighted by Crippen LogP contribution is 2.25. The molecule has 86 valence electrons. The fourth-order valence-electron chi connectivity index (χ4n) is 2.32. The fourth-order valence-corrected chi connectivity index (χ4v) is 2.32. The van der Waals surface area contributed by atoms with Crippen molar-refractivity contribution < 1.29 is 0 Å². The minimum Gasteiger partial charge on any atom is -0.350 e. The van der Waals surface area contributed by atoms with Crippen molar-refractivity contribution in [1.29, 1.82) is 0 Å². The molecule has 0 amide bonds. The smallest absolute Gasteiger partial charge is 0.0300 e. The molecule has 1 unspecified atom stereocenters. The van der Waals surface area contributed by atoms with Gasteiger partial charge in [0, 0.05) is 18.4 Å². The fraction of sp³-hybridized carbons (Fsp3) is 0.250. The van der Waals surface area contributed by atoms with E-state index in [4.69, 9.17) is 0 Å². The van der Waals surface area contributed by atoms with Gasteiger partial charge in [-0.15, -0.1) is 0 Å². The van der Waals surface area contributed by atoms with Gasteiger partial charge in [0.25, 0.3) is 0 Å². The van der Waals surface area contributed by atoms with E-state index in [0.717, 1.165) is 0 Å². The van der Waals surface area contributed by atoms with Crippen LogP contribution in [0.25, 0.3) is 21.5 Å². The Kier molecular flexibility index (Phi) is 2.40. The monoisotopic (exact) mass is 223 g/mol. The molecule has 17 heavy (non-hydrogen) atoms. The summed E-state index contributed by atoms with van der Waals surface area (Å²) in [5.41, 5.74) is 0. The summed E-state index contributed by atoms with van der Waals surface area (Å²) in [6.07, 6.45) is 5.69. The van der Waals surface area contributed by atoms with Crippen LogP contribution in [0.3, 0.4) is 0 Å². The summed E-state index contributed by atoms with van der Waals surface area (Å²) < 4.78 is 2.32. The van der Waals surface area contributed by atoms with E-state index in [0.29, 0.717) is 6.04 Å².